The first-order valence-corrected chi connectivity index (χ1v) is 8.03. The van der Waals surface area contributed by atoms with Crippen molar-refractivity contribution in [2.24, 2.45) is 0 Å². The lowest BCUT2D eigenvalue weighted by Crippen LogP contribution is -2.41. The predicted molar refractivity (Wildman–Crippen MR) is 83.1 cm³/mol. The minimum absolute atomic E-state index is 0.469. The monoisotopic (exact) mass is 291 g/mol. The lowest BCUT2D eigenvalue weighted by Gasteiger charge is -2.38. The molecule has 100 valence electrons. The molecule has 0 saturated heterocycles. The highest BCUT2D eigenvalue weighted by Crippen LogP contribution is 2.38. The molecule has 3 rings (SSSR count). The molecule has 0 amide bonds. The van der Waals surface area contributed by atoms with E-state index in [1.807, 2.05) is 23.5 Å². The van der Waals surface area contributed by atoms with Crippen molar-refractivity contribution in [3.8, 4) is 0 Å². The zero-order valence-electron chi connectivity index (χ0n) is 11.0. The van der Waals surface area contributed by atoms with Crippen LogP contribution in [0.4, 0.5) is 0 Å². The molecule has 19 heavy (non-hydrogen) atoms. The Morgan fingerprint density at radius 2 is 1.95 bits per heavy atom. The van der Waals surface area contributed by atoms with Gasteiger partial charge < -0.3 is 5.32 Å². The normalized spacial score (nSPS) is 23.9. The fourth-order valence-corrected chi connectivity index (χ4v) is 3.60. The molecule has 0 spiro atoms. The summed E-state index contributed by atoms with van der Waals surface area (Å²) >= 11 is 7.75. The van der Waals surface area contributed by atoms with Crippen molar-refractivity contribution < 1.29 is 0 Å². The van der Waals surface area contributed by atoms with E-state index in [0.717, 1.165) is 5.02 Å². The highest BCUT2D eigenvalue weighted by molar-refractivity contribution is 7.10. The number of thiophene rings is 1. The van der Waals surface area contributed by atoms with Crippen LogP contribution >= 0.6 is 22.9 Å². The Bertz CT molecular complexity index is 514. The zero-order valence-corrected chi connectivity index (χ0v) is 12.5. The maximum atomic E-state index is 5.92. The second-order valence-electron chi connectivity index (χ2n) is 5.32. The Morgan fingerprint density at radius 3 is 2.58 bits per heavy atom. The third-order valence-corrected chi connectivity index (χ3v) is 5.24. The SMILES string of the molecule is CC(NC1CC(c2ccc(Cl)cc2)C1)c1cccs1. The Kier molecular flexibility index (Phi) is 3.92. The van der Waals surface area contributed by atoms with Crippen molar-refractivity contribution in [3.05, 3.63) is 57.2 Å². The standard InChI is InChI=1S/C16H18ClNS/c1-11(16-3-2-8-19-16)18-15-9-13(10-15)12-4-6-14(17)7-5-12/h2-8,11,13,15,18H,9-10H2,1H3. The summed E-state index contributed by atoms with van der Waals surface area (Å²) < 4.78 is 0. The number of halogens is 1. The molecule has 2 aromatic rings. The predicted octanol–water partition coefficient (Wildman–Crippen LogP) is 5.00. The van der Waals surface area contributed by atoms with Gasteiger partial charge in [0.1, 0.15) is 0 Å². The summed E-state index contributed by atoms with van der Waals surface area (Å²) in [7, 11) is 0. The minimum Gasteiger partial charge on any atom is -0.307 e. The smallest absolute Gasteiger partial charge is 0.0406 e. The van der Waals surface area contributed by atoms with Crippen molar-refractivity contribution in [2.75, 3.05) is 0 Å². The molecule has 1 nitrogen and oxygen atoms in total. The summed E-state index contributed by atoms with van der Waals surface area (Å²) in [4.78, 5) is 1.43. The van der Waals surface area contributed by atoms with Crippen molar-refractivity contribution >= 4 is 22.9 Å². The molecule has 1 aliphatic carbocycles. The lowest BCUT2D eigenvalue weighted by molar-refractivity contribution is 0.272. The topological polar surface area (TPSA) is 12.0 Å². The molecule has 0 bridgehead atoms. The van der Waals surface area contributed by atoms with Crippen molar-refractivity contribution in [1.29, 1.82) is 0 Å². The van der Waals surface area contributed by atoms with Gasteiger partial charge in [-0.2, -0.15) is 0 Å². The molecular weight excluding hydrogens is 274 g/mol. The molecule has 1 heterocycles. The first kappa shape index (κ1) is 13.2. The molecule has 3 heteroatoms. The van der Waals surface area contributed by atoms with E-state index in [1.54, 1.807) is 0 Å². The van der Waals surface area contributed by atoms with E-state index in [1.165, 1.54) is 23.3 Å². The van der Waals surface area contributed by atoms with Gasteiger partial charge >= 0.3 is 0 Å². The summed E-state index contributed by atoms with van der Waals surface area (Å²) in [5.74, 6) is 0.699. The van der Waals surface area contributed by atoms with Crippen LogP contribution in [-0.4, -0.2) is 6.04 Å². The summed E-state index contributed by atoms with van der Waals surface area (Å²) in [5, 5.41) is 6.68. The first-order chi connectivity index (χ1) is 9.22. The van der Waals surface area contributed by atoms with Crippen LogP contribution in [-0.2, 0) is 0 Å². The third kappa shape index (κ3) is 3.02. The van der Waals surface area contributed by atoms with Gasteiger partial charge in [-0.15, -0.1) is 11.3 Å². The molecular formula is C16H18ClNS. The zero-order chi connectivity index (χ0) is 13.2. The lowest BCUT2D eigenvalue weighted by atomic mass is 9.75. The van der Waals surface area contributed by atoms with Crippen LogP contribution < -0.4 is 5.32 Å². The van der Waals surface area contributed by atoms with Gasteiger partial charge in [0.15, 0.2) is 0 Å². The second kappa shape index (κ2) is 5.66. The Morgan fingerprint density at radius 1 is 1.21 bits per heavy atom. The van der Waals surface area contributed by atoms with Gasteiger partial charge in [-0.05, 0) is 54.8 Å². The number of hydrogen-bond donors (Lipinski definition) is 1. The average Bonchev–Trinajstić information content (AvgIpc) is 2.88. The van der Waals surface area contributed by atoms with E-state index in [2.05, 4.69) is 41.9 Å². The minimum atomic E-state index is 0.469. The van der Waals surface area contributed by atoms with Crippen LogP contribution in [0.25, 0.3) is 0 Å². The molecule has 1 saturated carbocycles. The quantitative estimate of drug-likeness (QED) is 0.836. The Hall–Kier alpha value is -0.830. The Balaban J connectivity index is 1.51. The molecule has 1 unspecified atom stereocenters. The number of rotatable bonds is 4. The van der Waals surface area contributed by atoms with Gasteiger partial charge in [-0.25, -0.2) is 0 Å². The molecule has 1 aromatic heterocycles. The van der Waals surface area contributed by atoms with Crippen molar-refractivity contribution in [3.63, 3.8) is 0 Å². The molecule has 1 aromatic carbocycles. The van der Waals surface area contributed by atoms with E-state index in [-0.39, 0.29) is 0 Å². The van der Waals surface area contributed by atoms with E-state index in [4.69, 9.17) is 11.6 Å². The van der Waals surface area contributed by atoms with Gasteiger partial charge in [0.05, 0.1) is 0 Å². The van der Waals surface area contributed by atoms with Crippen LogP contribution in [0.15, 0.2) is 41.8 Å². The average molecular weight is 292 g/mol. The summed E-state index contributed by atoms with van der Waals surface area (Å²) in [6, 6.07) is 13.7. The van der Waals surface area contributed by atoms with Crippen LogP contribution in [0.3, 0.4) is 0 Å². The van der Waals surface area contributed by atoms with Gasteiger partial charge in [0.25, 0.3) is 0 Å². The molecule has 1 N–H and O–H groups in total. The van der Waals surface area contributed by atoms with E-state index >= 15 is 0 Å². The third-order valence-electron chi connectivity index (χ3n) is 3.94. The maximum Gasteiger partial charge on any atom is 0.0406 e. The largest absolute Gasteiger partial charge is 0.307 e. The highest BCUT2D eigenvalue weighted by atomic mass is 35.5. The molecule has 0 radical (unpaired) electrons. The Labute approximate surface area is 123 Å². The van der Waals surface area contributed by atoms with Crippen LogP contribution in [0.1, 0.15) is 42.2 Å². The van der Waals surface area contributed by atoms with Gasteiger partial charge in [-0.1, -0.05) is 29.8 Å². The first-order valence-electron chi connectivity index (χ1n) is 6.77. The fraction of sp³-hybridized carbons (Fsp3) is 0.375. The van der Waals surface area contributed by atoms with E-state index in [9.17, 15) is 0 Å². The molecule has 1 atom stereocenters. The van der Waals surface area contributed by atoms with Crippen LogP contribution in [0.5, 0.6) is 0 Å². The number of benzene rings is 1. The molecule has 1 fully saturated rings. The van der Waals surface area contributed by atoms with Gasteiger partial charge in [-0.3, -0.25) is 0 Å². The molecule has 1 aliphatic rings. The second-order valence-corrected chi connectivity index (χ2v) is 6.74. The van der Waals surface area contributed by atoms with Crippen molar-refractivity contribution in [1.82, 2.24) is 5.32 Å². The number of nitrogens with one attached hydrogen (secondary N) is 1. The van der Waals surface area contributed by atoms with E-state index < -0.39 is 0 Å². The van der Waals surface area contributed by atoms with E-state index in [0.29, 0.717) is 18.0 Å². The molecule has 0 aliphatic heterocycles. The fourth-order valence-electron chi connectivity index (χ4n) is 2.73. The summed E-state index contributed by atoms with van der Waals surface area (Å²) in [6.07, 6.45) is 2.47. The van der Waals surface area contributed by atoms with Gasteiger partial charge in [0, 0.05) is 22.0 Å². The summed E-state index contributed by atoms with van der Waals surface area (Å²) in [6.45, 7) is 2.25. The van der Waals surface area contributed by atoms with Gasteiger partial charge in [0.2, 0.25) is 0 Å². The maximum absolute atomic E-state index is 5.92. The summed E-state index contributed by atoms with van der Waals surface area (Å²) in [5.41, 5.74) is 1.42. The van der Waals surface area contributed by atoms with Crippen LogP contribution in [0, 0.1) is 0 Å². The van der Waals surface area contributed by atoms with Crippen molar-refractivity contribution in [2.45, 2.75) is 37.8 Å². The van der Waals surface area contributed by atoms with Crippen LogP contribution in [0.2, 0.25) is 5.02 Å². The number of hydrogen-bond acceptors (Lipinski definition) is 2. The highest BCUT2D eigenvalue weighted by Gasteiger charge is 2.31.